The van der Waals surface area contributed by atoms with Gasteiger partial charge in [-0.1, -0.05) is 54.1 Å². The number of cyclic esters (lactones) is 1. The van der Waals surface area contributed by atoms with Crippen LogP contribution in [-0.2, 0) is 16.1 Å². The monoisotopic (exact) mass is 383 g/mol. The van der Waals surface area contributed by atoms with Crippen LogP contribution in [0.3, 0.4) is 0 Å². The van der Waals surface area contributed by atoms with Crippen LogP contribution in [0.4, 0.5) is 0 Å². The number of aryl methyl sites for hydroxylation is 2. The fraction of sp³-hybridized carbons (Fsp3) is 0.120. The van der Waals surface area contributed by atoms with Crippen molar-refractivity contribution in [1.82, 2.24) is 0 Å². The Morgan fingerprint density at radius 2 is 1.76 bits per heavy atom. The molecule has 4 heteroatoms. The maximum absolute atomic E-state index is 12.2. The van der Waals surface area contributed by atoms with Crippen LogP contribution in [0.15, 0.2) is 83.5 Å². The minimum atomic E-state index is -0.452. The van der Waals surface area contributed by atoms with Crippen molar-refractivity contribution < 1.29 is 14.3 Å². The largest absolute Gasteiger partial charge is 0.489 e. The Morgan fingerprint density at radius 3 is 2.55 bits per heavy atom. The van der Waals surface area contributed by atoms with E-state index in [-0.39, 0.29) is 5.70 Å². The summed E-state index contributed by atoms with van der Waals surface area (Å²) in [4.78, 5) is 16.6. The summed E-state index contributed by atoms with van der Waals surface area (Å²) in [5.41, 5.74) is 5.35. The quantitative estimate of drug-likeness (QED) is 0.448. The van der Waals surface area contributed by atoms with E-state index < -0.39 is 5.97 Å². The highest BCUT2D eigenvalue weighted by molar-refractivity contribution is 6.12. The molecule has 1 heterocycles. The van der Waals surface area contributed by atoms with Gasteiger partial charge in [-0.15, -0.1) is 0 Å². The van der Waals surface area contributed by atoms with E-state index in [0.717, 1.165) is 28.0 Å². The Balaban J connectivity index is 1.52. The zero-order valence-corrected chi connectivity index (χ0v) is 16.4. The van der Waals surface area contributed by atoms with Crippen molar-refractivity contribution in [1.29, 1.82) is 0 Å². The molecule has 29 heavy (non-hydrogen) atoms. The molecule has 0 fully saturated rings. The van der Waals surface area contributed by atoms with E-state index >= 15 is 0 Å². The first-order chi connectivity index (χ1) is 14.1. The van der Waals surface area contributed by atoms with E-state index in [4.69, 9.17) is 9.47 Å². The normalized spacial score (nSPS) is 14.6. The molecular formula is C25H21NO3. The van der Waals surface area contributed by atoms with Crippen LogP contribution >= 0.6 is 0 Å². The predicted molar refractivity (Wildman–Crippen MR) is 114 cm³/mol. The number of benzene rings is 3. The third kappa shape index (κ3) is 4.43. The second-order valence-corrected chi connectivity index (χ2v) is 6.99. The standard InChI is InChI=1S/C25H21NO3/c1-17-10-12-20(13-11-17)24-26-23(25(27)29-24)15-19-7-5-9-22(14-19)28-16-21-8-4-3-6-18(21)2/h3-15H,16H2,1-2H3/b23-15-. The minimum absolute atomic E-state index is 0.275. The van der Waals surface area contributed by atoms with E-state index in [1.165, 1.54) is 5.56 Å². The molecule has 0 radical (unpaired) electrons. The van der Waals surface area contributed by atoms with Gasteiger partial charge in [0.15, 0.2) is 5.70 Å². The summed E-state index contributed by atoms with van der Waals surface area (Å²) in [6.45, 7) is 4.56. The second-order valence-electron chi connectivity index (χ2n) is 6.99. The lowest BCUT2D eigenvalue weighted by molar-refractivity contribution is -0.129. The average Bonchev–Trinajstić information content (AvgIpc) is 3.08. The summed E-state index contributed by atoms with van der Waals surface area (Å²) in [6, 6.07) is 23.4. The molecule has 0 bridgehead atoms. The highest BCUT2D eigenvalue weighted by Gasteiger charge is 2.24. The number of rotatable bonds is 5. The van der Waals surface area contributed by atoms with Gasteiger partial charge in [-0.25, -0.2) is 9.79 Å². The first kappa shape index (κ1) is 18.7. The SMILES string of the molecule is Cc1ccc(C2=N/C(=C\c3cccc(OCc4ccccc4C)c3)C(=O)O2)cc1. The van der Waals surface area contributed by atoms with Gasteiger partial charge in [0.2, 0.25) is 5.90 Å². The molecule has 3 aromatic carbocycles. The van der Waals surface area contributed by atoms with Gasteiger partial charge in [-0.3, -0.25) is 0 Å². The van der Waals surface area contributed by atoms with Gasteiger partial charge in [0.05, 0.1) is 0 Å². The third-order valence-corrected chi connectivity index (χ3v) is 4.74. The van der Waals surface area contributed by atoms with E-state index in [0.29, 0.717) is 12.5 Å². The second kappa shape index (κ2) is 8.15. The van der Waals surface area contributed by atoms with Crippen LogP contribution < -0.4 is 4.74 Å². The zero-order valence-electron chi connectivity index (χ0n) is 16.4. The van der Waals surface area contributed by atoms with Gasteiger partial charge in [-0.05, 0) is 60.9 Å². The molecule has 0 saturated carbocycles. The Labute approximate surface area is 170 Å². The lowest BCUT2D eigenvalue weighted by Crippen LogP contribution is -2.05. The molecule has 0 aliphatic carbocycles. The summed E-state index contributed by atoms with van der Waals surface area (Å²) in [5.74, 6) is 0.608. The van der Waals surface area contributed by atoms with E-state index in [1.54, 1.807) is 6.08 Å². The molecule has 0 N–H and O–H groups in total. The van der Waals surface area contributed by atoms with Crippen molar-refractivity contribution in [3.63, 3.8) is 0 Å². The van der Waals surface area contributed by atoms with Crippen LogP contribution in [0, 0.1) is 13.8 Å². The van der Waals surface area contributed by atoms with E-state index in [9.17, 15) is 4.79 Å². The Kier molecular flexibility index (Phi) is 5.25. The first-order valence-corrected chi connectivity index (χ1v) is 9.45. The molecule has 0 saturated heterocycles. The van der Waals surface area contributed by atoms with E-state index in [1.807, 2.05) is 67.6 Å². The lowest BCUT2D eigenvalue weighted by atomic mass is 10.1. The van der Waals surface area contributed by atoms with Crippen LogP contribution in [-0.4, -0.2) is 11.9 Å². The van der Waals surface area contributed by atoms with Gasteiger partial charge in [0.1, 0.15) is 12.4 Å². The molecule has 0 unspecified atom stereocenters. The molecule has 3 aromatic rings. The number of ether oxygens (including phenoxy) is 2. The van der Waals surface area contributed by atoms with Crippen LogP contribution in [0.5, 0.6) is 5.75 Å². The number of nitrogens with zero attached hydrogens (tertiary/aromatic N) is 1. The molecule has 144 valence electrons. The average molecular weight is 383 g/mol. The summed E-state index contributed by atoms with van der Waals surface area (Å²) in [6.07, 6.45) is 1.71. The smallest absolute Gasteiger partial charge is 0.363 e. The maximum atomic E-state index is 12.2. The molecule has 0 aromatic heterocycles. The van der Waals surface area contributed by atoms with Crippen molar-refractivity contribution >= 4 is 17.9 Å². The highest BCUT2D eigenvalue weighted by Crippen LogP contribution is 2.22. The molecule has 4 rings (SSSR count). The van der Waals surface area contributed by atoms with Gasteiger partial charge >= 0.3 is 5.97 Å². The summed E-state index contributed by atoms with van der Waals surface area (Å²) >= 11 is 0. The first-order valence-electron chi connectivity index (χ1n) is 9.45. The Bertz CT molecular complexity index is 1110. The van der Waals surface area contributed by atoms with Crippen LogP contribution in [0.1, 0.15) is 27.8 Å². The topological polar surface area (TPSA) is 47.9 Å². The van der Waals surface area contributed by atoms with Gasteiger partial charge in [0, 0.05) is 5.56 Å². The fourth-order valence-corrected chi connectivity index (χ4v) is 3.01. The van der Waals surface area contributed by atoms with Crippen molar-refractivity contribution in [2.45, 2.75) is 20.5 Å². The number of carbonyl (C=O) groups is 1. The molecular weight excluding hydrogens is 362 g/mol. The Morgan fingerprint density at radius 1 is 0.966 bits per heavy atom. The molecule has 1 aliphatic heterocycles. The number of aliphatic imine (C=N–C) groups is 1. The maximum Gasteiger partial charge on any atom is 0.363 e. The van der Waals surface area contributed by atoms with Crippen molar-refractivity contribution in [3.8, 4) is 5.75 Å². The molecule has 0 spiro atoms. The third-order valence-electron chi connectivity index (χ3n) is 4.74. The Hall–Kier alpha value is -3.66. The minimum Gasteiger partial charge on any atom is -0.489 e. The number of hydrogen-bond acceptors (Lipinski definition) is 4. The van der Waals surface area contributed by atoms with Crippen molar-refractivity contribution in [2.24, 2.45) is 4.99 Å². The van der Waals surface area contributed by atoms with Crippen molar-refractivity contribution in [3.05, 3.63) is 106 Å². The molecule has 4 nitrogen and oxygen atoms in total. The van der Waals surface area contributed by atoms with Gasteiger partial charge < -0.3 is 9.47 Å². The van der Waals surface area contributed by atoms with Crippen LogP contribution in [0.2, 0.25) is 0 Å². The number of carbonyl (C=O) groups excluding carboxylic acids is 1. The zero-order chi connectivity index (χ0) is 20.2. The summed E-state index contributed by atoms with van der Waals surface area (Å²) in [7, 11) is 0. The van der Waals surface area contributed by atoms with Gasteiger partial charge in [-0.2, -0.15) is 0 Å². The van der Waals surface area contributed by atoms with E-state index in [2.05, 4.69) is 24.0 Å². The predicted octanol–water partition coefficient (Wildman–Crippen LogP) is 5.23. The molecule has 0 atom stereocenters. The molecule has 1 aliphatic rings. The van der Waals surface area contributed by atoms with Gasteiger partial charge in [0.25, 0.3) is 0 Å². The highest BCUT2D eigenvalue weighted by atomic mass is 16.6. The number of hydrogen-bond donors (Lipinski definition) is 0. The summed E-state index contributed by atoms with van der Waals surface area (Å²) < 4.78 is 11.3. The fourth-order valence-electron chi connectivity index (χ4n) is 3.01. The molecule has 0 amide bonds. The summed E-state index contributed by atoms with van der Waals surface area (Å²) in [5, 5.41) is 0. The van der Waals surface area contributed by atoms with Crippen LogP contribution in [0.25, 0.3) is 6.08 Å². The lowest BCUT2D eigenvalue weighted by Gasteiger charge is -2.09. The van der Waals surface area contributed by atoms with Crippen molar-refractivity contribution in [2.75, 3.05) is 0 Å². The number of esters is 1.